The standard InChI is InChI=1S/C22H17N3O5/c1-27-15-8-11(9-16-20(15)29-7-6-28-16)17-13-10-23-25-21(13)24-19-12-4-2-3-5-14(12)30-22(26)18(17)19/h2-5,8-10,17H,6-7H2,1H3,(H2,23,24,25)/t17-/m1/s1. The van der Waals surface area contributed by atoms with Crippen molar-refractivity contribution in [3.63, 3.8) is 0 Å². The summed E-state index contributed by atoms with van der Waals surface area (Å²) in [4.78, 5) is 13.1. The van der Waals surface area contributed by atoms with Crippen molar-refractivity contribution in [3.8, 4) is 17.2 Å². The third-order valence-corrected chi connectivity index (χ3v) is 5.55. The molecule has 0 aliphatic carbocycles. The number of hydrogen-bond donors (Lipinski definition) is 2. The number of methoxy groups -OCH3 is 1. The lowest BCUT2D eigenvalue weighted by Gasteiger charge is -2.28. The second-order valence-corrected chi connectivity index (χ2v) is 7.18. The smallest absolute Gasteiger partial charge is 0.342 e. The van der Waals surface area contributed by atoms with Gasteiger partial charge in [0.25, 0.3) is 0 Å². The molecule has 30 heavy (non-hydrogen) atoms. The molecule has 2 aromatic carbocycles. The van der Waals surface area contributed by atoms with Gasteiger partial charge in [0.05, 0.1) is 24.6 Å². The first-order valence-electron chi connectivity index (χ1n) is 9.58. The van der Waals surface area contributed by atoms with Crippen LogP contribution < -0.4 is 25.2 Å². The number of rotatable bonds is 2. The molecule has 8 heteroatoms. The average molecular weight is 403 g/mol. The Kier molecular flexibility index (Phi) is 3.55. The SMILES string of the molecule is COc1cc([C@@H]2c3cn[nH]c3Nc3c2c(=O)oc2ccccc32)cc2c1OCCO2. The molecule has 2 aliphatic heterocycles. The number of anilines is 2. The second kappa shape index (κ2) is 6.28. The van der Waals surface area contributed by atoms with Crippen LogP contribution in [0.5, 0.6) is 17.2 Å². The lowest BCUT2D eigenvalue weighted by Crippen LogP contribution is -2.22. The average Bonchev–Trinajstić information content (AvgIpc) is 3.25. The lowest BCUT2D eigenvalue weighted by atomic mass is 9.83. The summed E-state index contributed by atoms with van der Waals surface area (Å²) in [6, 6.07) is 11.2. The molecule has 2 aliphatic rings. The van der Waals surface area contributed by atoms with E-state index < -0.39 is 11.5 Å². The van der Waals surface area contributed by atoms with Crippen LogP contribution in [0.2, 0.25) is 0 Å². The minimum atomic E-state index is -0.416. The molecule has 0 amide bonds. The van der Waals surface area contributed by atoms with Crippen molar-refractivity contribution in [2.75, 3.05) is 25.6 Å². The molecule has 4 aromatic rings. The van der Waals surface area contributed by atoms with Crippen LogP contribution in [0.1, 0.15) is 22.6 Å². The molecule has 0 spiro atoms. The highest BCUT2D eigenvalue weighted by Crippen LogP contribution is 2.49. The molecule has 4 heterocycles. The number of aromatic nitrogens is 2. The molecule has 0 unspecified atom stereocenters. The maximum Gasteiger partial charge on any atom is 0.342 e. The summed E-state index contributed by atoms with van der Waals surface area (Å²) in [6.45, 7) is 0.909. The molecular weight excluding hydrogens is 386 g/mol. The van der Waals surface area contributed by atoms with E-state index in [2.05, 4.69) is 15.5 Å². The van der Waals surface area contributed by atoms with E-state index in [0.29, 0.717) is 47.3 Å². The van der Waals surface area contributed by atoms with E-state index in [1.165, 1.54) is 0 Å². The Bertz CT molecular complexity index is 1340. The van der Waals surface area contributed by atoms with Crippen LogP contribution >= 0.6 is 0 Å². The van der Waals surface area contributed by atoms with Gasteiger partial charge >= 0.3 is 5.63 Å². The van der Waals surface area contributed by atoms with Crippen molar-refractivity contribution < 1.29 is 18.6 Å². The van der Waals surface area contributed by atoms with E-state index in [-0.39, 0.29) is 0 Å². The predicted molar refractivity (Wildman–Crippen MR) is 109 cm³/mol. The van der Waals surface area contributed by atoms with Crippen molar-refractivity contribution in [1.29, 1.82) is 0 Å². The molecule has 2 N–H and O–H groups in total. The predicted octanol–water partition coefficient (Wildman–Crippen LogP) is 3.53. The molecule has 0 fully saturated rings. The minimum absolute atomic E-state index is 0.401. The summed E-state index contributed by atoms with van der Waals surface area (Å²) in [7, 11) is 1.58. The Labute approximate surface area is 170 Å². The van der Waals surface area contributed by atoms with Crippen LogP contribution in [0.3, 0.4) is 0 Å². The number of fused-ring (bicyclic) bond motifs is 5. The van der Waals surface area contributed by atoms with E-state index in [9.17, 15) is 4.79 Å². The van der Waals surface area contributed by atoms with E-state index in [1.54, 1.807) is 19.4 Å². The van der Waals surface area contributed by atoms with Gasteiger partial charge in [0.2, 0.25) is 5.75 Å². The number of aromatic amines is 1. The van der Waals surface area contributed by atoms with Gasteiger partial charge < -0.3 is 23.9 Å². The molecule has 0 saturated heterocycles. The number of hydrogen-bond acceptors (Lipinski definition) is 7. The van der Waals surface area contributed by atoms with Gasteiger partial charge in [-0.15, -0.1) is 0 Å². The number of nitrogens with zero attached hydrogens (tertiary/aromatic N) is 1. The van der Waals surface area contributed by atoms with Crippen LogP contribution in [0.4, 0.5) is 11.5 Å². The Balaban J connectivity index is 1.65. The molecule has 0 saturated carbocycles. The van der Waals surface area contributed by atoms with Crippen molar-refractivity contribution in [2.45, 2.75) is 5.92 Å². The molecule has 0 bridgehead atoms. The van der Waals surface area contributed by atoms with Crippen molar-refractivity contribution >= 4 is 22.5 Å². The van der Waals surface area contributed by atoms with Crippen LogP contribution in [0, 0.1) is 0 Å². The summed E-state index contributed by atoms with van der Waals surface area (Å²) >= 11 is 0. The Hall–Kier alpha value is -3.94. The van der Waals surface area contributed by atoms with Gasteiger partial charge in [-0.1, -0.05) is 12.1 Å². The summed E-state index contributed by atoms with van der Waals surface area (Å²) in [6.07, 6.45) is 1.72. The van der Waals surface area contributed by atoms with Crippen LogP contribution in [-0.4, -0.2) is 30.5 Å². The quantitative estimate of drug-likeness (QED) is 0.435. The van der Waals surface area contributed by atoms with Gasteiger partial charge in [0.15, 0.2) is 11.5 Å². The molecule has 2 aromatic heterocycles. The zero-order chi connectivity index (χ0) is 20.2. The fourth-order valence-electron chi connectivity index (χ4n) is 4.26. The molecule has 1 atom stereocenters. The molecule has 8 nitrogen and oxygen atoms in total. The van der Waals surface area contributed by atoms with E-state index >= 15 is 0 Å². The highest BCUT2D eigenvalue weighted by Gasteiger charge is 2.35. The fraction of sp³-hybridized carbons (Fsp3) is 0.182. The van der Waals surface area contributed by atoms with Gasteiger partial charge in [-0.05, 0) is 29.8 Å². The van der Waals surface area contributed by atoms with Gasteiger partial charge in [-0.3, -0.25) is 5.10 Å². The minimum Gasteiger partial charge on any atom is -0.493 e. The van der Waals surface area contributed by atoms with E-state index in [1.807, 2.05) is 30.3 Å². The highest BCUT2D eigenvalue weighted by molar-refractivity contribution is 5.95. The Morgan fingerprint density at radius 3 is 2.93 bits per heavy atom. The van der Waals surface area contributed by atoms with Crippen LogP contribution in [0.15, 0.2) is 51.8 Å². The van der Waals surface area contributed by atoms with Crippen LogP contribution in [-0.2, 0) is 0 Å². The normalized spacial score (nSPS) is 16.5. The molecule has 150 valence electrons. The fourth-order valence-corrected chi connectivity index (χ4v) is 4.26. The first kappa shape index (κ1) is 17.0. The van der Waals surface area contributed by atoms with E-state index in [0.717, 1.165) is 22.3 Å². The molecular formula is C22H17N3O5. The maximum atomic E-state index is 13.1. The van der Waals surface area contributed by atoms with Gasteiger partial charge in [-0.25, -0.2) is 4.79 Å². The van der Waals surface area contributed by atoms with Gasteiger partial charge in [0.1, 0.15) is 24.6 Å². The zero-order valence-corrected chi connectivity index (χ0v) is 16.0. The van der Waals surface area contributed by atoms with Gasteiger partial charge in [0, 0.05) is 16.9 Å². The zero-order valence-electron chi connectivity index (χ0n) is 16.0. The number of nitrogens with one attached hydrogen (secondary N) is 2. The number of H-pyrrole nitrogens is 1. The number of ether oxygens (including phenoxy) is 3. The summed E-state index contributed by atoms with van der Waals surface area (Å²) in [5.41, 5.74) is 3.00. The highest BCUT2D eigenvalue weighted by atomic mass is 16.6. The topological polar surface area (TPSA) is 98.6 Å². The molecule has 0 radical (unpaired) electrons. The largest absolute Gasteiger partial charge is 0.493 e. The summed E-state index contributed by atoms with van der Waals surface area (Å²) in [5, 5.41) is 11.3. The second-order valence-electron chi connectivity index (χ2n) is 7.18. The van der Waals surface area contributed by atoms with Crippen LogP contribution in [0.25, 0.3) is 11.0 Å². The lowest BCUT2D eigenvalue weighted by molar-refractivity contribution is 0.165. The summed E-state index contributed by atoms with van der Waals surface area (Å²) < 4.78 is 22.8. The third kappa shape index (κ3) is 2.33. The number of benzene rings is 2. The van der Waals surface area contributed by atoms with Crippen molar-refractivity contribution in [3.05, 3.63) is 69.7 Å². The monoisotopic (exact) mass is 403 g/mol. The summed E-state index contributed by atoms with van der Waals surface area (Å²) in [5.74, 6) is 2.03. The first-order valence-corrected chi connectivity index (χ1v) is 9.58. The number of para-hydroxylation sites is 1. The Morgan fingerprint density at radius 1 is 1.17 bits per heavy atom. The Morgan fingerprint density at radius 2 is 2.03 bits per heavy atom. The first-order chi connectivity index (χ1) is 14.7. The van der Waals surface area contributed by atoms with Gasteiger partial charge in [-0.2, -0.15) is 5.10 Å². The third-order valence-electron chi connectivity index (χ3n) is 5.55. The van der Waals surface area contributed by atoms with E-state index in [4.69, 9.17) is 18.6 Å². The molecule has 6 rings (SSSR count). The van der Waals surface area contributed by atoms with Crippen molar-refractivity contribution in [2.24, 2.45) is 0 Å². The maximum absolute atomic E-state index is 13.1. The van der Waals surface area contributed by atoms with Crippen molar-refractivity contribution in [1.82, 2.24) is 10.2 Å².